The Morgan fingerprint density at radius 3 is 2.44 bits per heavy atom. The average molecular weight is 328 g/mol. The summed E-state index contributed by atoms with van der Waals surface area (Å²) in [7, 11) is 0. The second kappa shape index (κ2) is 5.50. The summed E-state index contributed by atoms with van der Waals surface area (Å²) < 4.78 is 13.6. The van der Waals surface area contributed by atoms with E-state index in [1.165, 1.54) is 12.1 Å². The minimum atomic E-state index is -0.312. The normalized spacial score (nSPS) is 11.6. The van der Waals surface area contributed by atoms with Crippen molar-refractivity contribution in [3.8, 4) is 0 Å². The maximum atomic E-state index is 12.7. The van der Waals surface area contributed by atoms with Crippen LogP contribution in [0.4, 0.5) is 15.8 Å². The van der Waals surface area contributed by atoms with Gasteiger partial charge in [-0.25, -0.2) is 9.38 Å². The van der Waals surface area contributed by atoms with Gasteiger partial charge in [0.1, 0.15) is 11.0 Å². The van der Waals surface area contributed by atoms with Gasteiger partial charge in [0.15, 0.2) is 0 Å². The van der Waals surface area contributed by atoms with Gasteiger partial charge in [0, 0.05) is 15.7 Å². The van der Waals surface area contributed by atoms with E-state index in [2.05, 4.69) is 20.9 Å². The Hall–Kier alpha value is -1.39. The van der Waals surface area contributed by atoms with Gasteiger partial charge in [-0.3, -0.25) is 0 Å². The van der Waals surface area contributed by atoms with E-state index in [9.17, 15) is 4.39 Å². The van der Waals surface area contributed by atoms with Crippen molar-refractivity contribution in [2.75, 3.05) is 5.73 Å². The van der Waals surface area contributed by atoms with E-state index < -0.39 is 0 Å². The van der Waals surface area contributed by atoms with E-state index in [-0.39, 0.29) is 11.0 Å². The number of anilines is 1. The molecule has 0 aliphatic rings. The van der Waals surface area contributed by atoms with E-state index in [1.54, 1.807) is 24.3 Å². The van der Waals surface area contributed by atoms with Crippen molar-refractivity contribution in [2.24, 2.45) is 4.99 Å². The molecule has 2 N–H and O–H groups in total. The molecular formula is C13H9BrClFN2. The second-order valence-corrected chi connectivity index (χ2v) is 4.88. The fourth-order valence-corrected chi connectivity index (χ4v) is 2.06. The third-order valence-corrected chi connectivity index (χ3v) is 3.07. The van der Waals surface area contributed by atoms with Crippen LogP contribution in [0.2, 0.25) is 0 Å². The molecule has 0 fully saturated rings. The monoisotopic (exact) mass is 326 g/mol. The maximum absolute atomic E-state index is 12.7. The van der Waals surface area contributed by atoms with Crippen LogP contribution < -0.4 is 5.73 Å². The summed E-state index contributed by atoms with van der Waals surface area (Å²) in [5.41, 5.74) is 7.59. The number of hydrogen-bond acceptors (Lipinski definition) is 2. The van der Waals surface area contributed by atoms with Gasteiger partial charge in [-0.1, -0.05) is 27.5 Å². The number of rotatable bonds is 2. The van der Waals surface area contributed by atoms with Crippen LogP contribution in [0.3, 0.4) is 0 Å². The Labute approximate surface area is 117 Å². The molecule has 2 nitrogen and oxygen atoms in total. The quantitative estimate of drug-likeness (QED) is 0.640. The van der Waals surface area contributed by atoms with Gasteiger partial charge in [-0.15, -0.1) is 0 Å². The Bertz CT molecular complexity index is 596. The molecule has 0 atom stereocenters. The summed E-state index contributed by atoms with van der Waals surface area (Å²) in [5, 5.41) is 0.270. The highest BCUT2D eigenvalue weighted by atomic mass is 79.9. The number of halogens is 3. The second-order valence-electron chi connectivity index (χ2n) is 3.61. The first-order valence-corrected chi connectivity index (χ1v) is 6.28. The van der Waals surface area contributed by atoms with E-state index in [4.69, 9.17) is 17.3 Å². The molecule has 0 saturated carbocycles. The zero-order valence-corrected chi connectivity index (χ0v) is 11.5. The Morgan fingerprint density at radius 1 is 1.17 bits per heavy atom. The van der Waals surface area contributed by atoms with E-state index in [1.807, 2.05) is 6.07 Å². The van der Waals surface area contributed by atoms with Gasteiger partial charge < -0.3 is 5.73 Å². The molecule has 0 spiro atoms. The molecule has 0 radical (unpaired) electrons. The molecule has 0 amide bonds. The first-order valence-electron chi connectivity index (χ1n) is 5.11. The van der Waals surface area contributed by atoms with Gasteiger partial charge >= 0.3 is 0 Å². The van der Waals surface area contributed by atoms with Crippen molar-refractivity contribution in [3.05, 3.63) is 58.3 Å². The third-order valence-electron chi connectivity index (χ3n) is 2.29. The summed E-state index contributed by atoms with van der Waals surface area (Å²) in [5.74, 6) is -0.312. The van der Waals surface area contributed by atoms with Crippen LogP contribution in [0.25, 0.3) is 0 Å². The molecule has 2 rings (SSSR count). The van der Waals surface area contributed by atoms with Crippen molar-refractivity contribution in [1.82, 2.24) is 0 Å². The zero-order valence-electron chi connectivity index (χ0n) is 9.20. The number of nitrogen functional groups attached to an aromatic ring is 1. The van der Waals surface area contributed by atoms with E-state index in [0.717, 1.165) is 4.47 Å². The van der Waals surface area contributed by atoms with Crippen LogP contribution in [0, 0.1) is 5.82 Å². The van der Waals surface area contributed by atoms with Gasteiger partial charge in [0.05, 0.1) is 5.69 Å². The first kappa shape index (κ1) is 13.1. The Morgan fingerprint density at radius 2 is 1.83 bits per heavy atom. The third kappa shape index (κ3) is 3.09. The molecule has 0 saturated heterocycles. The van der Waals surface area contributed by atoms with Crippen LogP contribution in [0.1, 0.15) is 5.56 Å². The number of nitrogens with zero attached hydrogens (tertiary/aromatic N) is 1. The SMILES string of the molecule is Nc1cc(Br)ccc1C(Cl)=Nc1ccc(F)cc1. The van der Waals surface area contributed by atoms with Crippen LogP contribution in [-0.2, 0) is 0 Å². The van der Waals surface area contributed by atoms with Crippen molar-refractivity contribution in [2.45, 2.75) is 0 Å². The summed E-state index contributed by atoms with van der Waals surface area (Å²) in [6, 6.07) is 11.1. The number of nitrogens with two attached hydrogens (primary N) is 1. The molecule has 18 heavy (non-hydrogen) atoms. The summed E-state index contributed by atoms with van der Waals surface area (Å²) in [6.07, 6.45) is 0. The fraction of sp³-hybridized carbons (Fsp3) is 0. The molecule has 0 heterocycles. The number of hydrogen-bond donors (Lipinski definition) is 1. The molecule has 0 unspecified atom stereocenters. The highest BCUT2D eigenvalue weighted by molar-refractivity contribution is 9.10. The standard InChI is InChI=1S/C13H9BrClFN2/c14-8-1-6-11(12(17)7-8)13(15)18-10-4-2-9(16)3-5-10/h1-7H,17H2. The Balaban J connectivity index is 2.35. The number of benzene rings is 2. The summed E-state index contributed by atoms with van der Waals surface area (Å²) in [6.45, 7) is 0. The molecular weight excluding hydrogens is 319 g/mol. The number of aliphatic imine (C=N–C) groups is 1. The summed E-state index contributed by atoms with van der Waals surface area (Å²) >= 11 is 9.41. The molecule has 0 aliphatic carbocycles. The average Bonchev–Trinajstić information content (AvgIpc) is 2.32. The molecule has 0 aliphatic heterocycles. The molecule has 92 valence electrons. The van der Waals surface area contributed by atoms with Gasteiger partial charge in [0.25, 0.3) is 0 Å². The Kier molecular flexibility index (Phi) is 3.99. The molecule has 2 aromatic rings. The fourth-order valence-electron chi connectivity index (χ4n) is 1.41. The lowest BCUT2D eigenvalue weighted by Crippen LogP contribution is -1.98. The van der Waals surface area contributed by atoms with Gasteiger partial charge in [0.2, 0.25) is 0 Å². The van der Waals surface area contributed by atoms with Crippen molar-refractivity contribution >= 4 is 44.1 Å². The predicted molar refractivity (Wildman–Crippen MR) is 77.0 cm³/mol. The lowest BCUT2D eigenvalue weighted by atomic mass is 10.2. The van der Waals surface area contributed by atoms with Gasteiger partial charge in [-0.2, -0.15) is 0 Å². The zero-order chi connectivity index (χ0) is 13.1. The lowest BCUT2D eigenvalue weighted by Gasteiger charge is -2.04. The van der Waals surface area contributed by atoms with Gasteiger partial charge in [-0.05, 0) is 42.5 Å². The first-order chi connectivity index (χ1) is 8.56. The minimum Gasteiger partial charge on any atom is -0.398 e. The maximum Gasteiger partial charge on any atom is 0.139 e. The summed E-state index contributed by atoms with van der Waals surface area (Å²) in [4.78, 5) is 4.18. The highest BCUT2D eigenvalue weighted by Crippen LogP contribution is 2.23. The van der Waals surface area contributed by atoms with Crippen LogP contribution >= 0.6 is 27.5 Å². The lowest BCUT2D eigenvalue weighted by molar-refractivity contribution is 0.628. The predicted octanol–water partition coefficient (Wildman–Crippen LogP) is 4.49. The van der Waals surface area contributed by atoms with Crippen LogP contribution in [0.15, 0.2) is 51.9 Å². The molecule has 5 heteroatoms. The topological polar surface area (TPSA) is 38.4 Å². The van der Waals surface area contributed by atoms with Crippen molar-refractivity contribution < 1.29 is 4.39 Å². The van der Waals surface area contributed by atoms with E-state index in [0.29, 0.717) is 16.9 Å². The molecule has 0 bridgehead atoms. The molecule has 0 aromatic heterocycles. The van der Waals surface area contributed by atoms with Crippen LogP contribution in [0.5, 0.6) is 0 Å². The smallest absolute Gasteiger partial charge is 0.139 e. The van der Waals surface area contributed by atoms with Crippen molar-refractivity contribution in [1.29, 1.82) is 0 Å². The van der Waals surface area contributed by atoms with Crippen molar-refractivity contribution in [3.63, 3.8) is 0 Å². The van der Waals surface area contributed by atoms with E-state index >= 15 is 0 Å². The molecule has 2 aromatic carbocycles. The highest BCUT2D eigenvalue weighted by Gasteiger charge is 2.05. The minimum absolute atomic E-state index is 0.270. The largest absolute Gasteiger partial charge is 0.398 e. The van der Waals surface area contributed by atoms with Crippen LogP contribution in [-0.4, -0.2) is 5.17 Å².